The Morgan fingerprint density at radius 3 is 2.50 bits per heavy atom. The van der Waals surface area contributed by atoms with E-state index in [9.17, 15) is 0 Å². The predicted octanol–water partition coefficient (Wildman–Crippen LogP) is 1.84. The van der Waals surface area contributed by atoms with Crippen molar-refractivity contribution in [2.24, 2.45) is 0 Å². The lowest BCUT2D eigenvalue weighted by atomic mass is 10.2. The second-order valence-electron chi connectivity index (χ2n) is 3.11. The van der Waals surface area contributed by atoms with Gasteiger partial charge in [-0.2, -0.15) is 0 Å². The van der Waals surface area contributed by atoms with Crippen LogP contribution in [0.1, 0.15) is 13.8 Å². The molecule has 0 aromatic heterocycles. The molecule has 1 aromatic rings. The topological polar surface area (TPSA) is 0 Å². The van der Waals surface area contributed by atoms with E-state index in [0.717, 1.165) is 5.22 Å². The molecule has 0 radical (unpaired) electrons. The Hall–Kier alpha value is -1.30. The summed E-state index contributed by atoms with van der Waals surface area (Å²) < 4.78 is 0. The van der Waals surface area contributed by atoms with Crippen LogP contribution in [0.5, 0.6) is 0 Å². The first-order valence-electron chi connectivity index (χ1n) is 4.09. The molecule has 0 N–H and O–H groups in total. The van der Waals surface area contributed by atoms with E-state index in [-0.39, 0.29) is 0 Å². The van der Waals surface area contributed by atoms with Gasteiger partial charge in [-0.25, -0.2) is 0 Å². The lowest BCUT2D eigenvalue weighted by Gasteiger charge is -1.86. The highest BCUT2D eigenvalue weighted by Crippen LogP contribution is 1.87. The first kappa shape index (κ1) is 8.79. The van der Waals surface area contributed by atoms with Gasteiger partial charge in [0.2, 0.25) is 0 Å². The van der Waals surface area contributed by atoms with Crippen LogP contribution in [0.4, 0.5) is 0 Å². The summed E-state index contributed by atoms with van der Waals surface area (Å²) in [5.74, 6) is 0. The summed E-state index contributed by atoms with van der Waals surface area (Å²) in [5.41, 5.74) is 1.30. The molecular weight excluding hydrogens is 144 g/mol. The summed E-state index contributed by atoms with van der Waals surface area (Å²) in [5, 5.41) is 2.27. The van der Waals surface area contributed by atoms with Crippen LogP contribution >= 0.6 is 0 Å². The van der Waals surface area contributed by atoms with Gasteiger partial charge in [-0.3, -0.25) is 0 Å². The molecular formula is C12H14. The van der Waals surface area contributed by atoms with Crippen molar-refractivity contribution in [2.75, 3.05) is 0 Å². The summed E-state index contributed by atoms with van der Waals surface area (Å²) in [6.45, 7) is 8.11. The quantitative estimate of drug-likeness (QED) is 0.585. The van der Waals surface area contributed by atoms with Crippen molar-refractivity contribution in [2.45, 2.75) is 13.8 Å². The molecule has 0 nitrogen and oxygen atoms in total. The molecule has 1 rings (SSSR count). The third-order valence-electron chi connectivity index (χ3n) is 1.65. The maximum Gasteiger partial charge on any atom is -0.0190 e. The van der Waals surface area contributed by atoms with Crippen molar-refractivity contribution >= 4 is 12.7 Å². The van der Waals surface area contributed by atoms with Gasteiger partial charge in [-0.15, -0.1) is 0 Å². The Balaban J connectivity index is 3.20. The Labute approximate surface area is 73.6 Å². The molecule has 0 aliphatic carbocycles. The molecule has 0 aliphatic heterocycles. The minimum absolute atomic E-state index is 1.08. The molecule has 0 saturated heterocycles. The van der Waals surface area contributed by atoms with E-state index in [0.29, 0.717) is 0 Å². The van der Waals surface area contributed by atoms with Crippen molar-refractivity contribution in [1.82, 2.24) is 0 Å². The Morgan fingerprint density at radius 1 is 1.25 bits per heavy atom. The second kappa shape index (κ2) is 3.91. The van der Waals surface area contributed by atoms with E-state index in [1.165, 1.54) is 10.8 Å². The Morgan fingerprint density at radius 2 is 1.92 bits per heavy atom. The molecule has 0 saturated carbocycles. The van der Waals surface area contributed by atoms with Crippen molar-refractivity contribution in [3.8, 4) is 0 Å². The van der Waals surface area contributed by atoms with Crippen LogP contribution in [0.25, 0.3) is 12.7 Å². The minimum atomic E-state index is 1.08. The number of benzene rings is 1. The van der Waals surface area contributed by atoms with Gasteiger partial charge in [0, 0.05) is 0 Å². The second-order valence-corrected chi connectivity index (χ2v) is 3.11. The fraction of sp³-hybridized carbons (Fsp3) is 0.167. The highest BCUT2D eigenvalue weighted by molar-refractivity contribution is 5.39. The van der Waals surface area contributed by atoms with Crippen molar-refractivity contribution in [1.29, 1.82) is 0 Å². The molecule has 0 bridgehead atoms. The van der Waals surface area contributed by atoms with E-state index < -0.39 is 0 Å². The largest absolute Gasteiger partial charge is 0.0912 e. The minimum Gasteiger partial charge on any atom is -0.0912 e. The van der Waals surface area contributed by atoms with Crippen LogP contribution in [0.3, 0.4) is 0 Å². The molecule has 0 amide bonds. The lowest BCUT2D eigenvalue weighted by molar-refractivity contribution is 1.40. The average molecular weight is 158 g/mol. The van der Waals surface area contributed by atoms with Crippen molar-refractivity contribution in [3.63, 3.8) is 0 Å². The normalized spacial score (nSPS) is 11.3. The Bertz CT molecular complexity index is 379. The molecule has 62 valence electrons. The fourth-order valence-corrected chi connectivity index (χ4v) is 0.953. The first-order chi connectivity index (χ1) is 5.70. The number of hydrogen-bond donors (Lipinski definition) is 0. The van der Waals surface area contributed by atoms with Gasteiger partial charge in [0.25, 0.3) is 0 Å². The summed E-state index contributed by atoms with van der Waals surface area (Å²) in [7, 11) is 0. The van der Waals surface area contributed by atoms with Gasteiger partial charge >= 0.3 is 0 Å². The smallest absolute Gasteiger partial charge is 0.0190 e. The highest BCUT2D eigenvalue weighted by atomic mass is 13.8. The van der Waals surface area contributed by atoms with Crippen LogP contribution in [-0.2, 0) is 0 Å². The summed E-state index contributed by atoms with van der Waals surface area (Å²) in [6.07, 6.45) is 4.20. The van der Waals surface area contributed by atoms with E-state index in [1.807, 2.05) is 18.2 Å². The lowest BCUT2D eigenvalue weighted by Crippen LogP contribution is -2.21. The third kappa shape index (κ3) is 2.39. The molecule has 12 heavy (non-hydrogen) atoms. The zero-order valence-corrected chi connectivity index (χ0v) is 7.67. The van der Waals surface area contributed by atoms with Crippen LogP contribution in [0.15, 0.2) is 35.9 Å². The zero-order chi connectivity index (χ0) is 8.97. The highest BCUT2D eigenvalue weighted by Gasteiger charge is 1.78. The summed E-state index contributed by atoms with van der Waals surface area (Å²) >= 11 is 0. The van der Waals surface area contributed by atoms with E-state index in [4.69, 9.17) is 0 Å². The van der Waals surface area contributed by atoms with Crippen LogP contribution in [0.2, 0.25) is 0 Å². The fourth-order valence-electron chi connectivity index (χ4n) is 0.953. The van der Waals surface area contributed by atoms with Crippen molar-refractivity contribution < 1.29 is 0 Å². The molecule has 1 aromatic carbocycles. The van der Waals surface area contributed by atoms with Gasteiger partial charge < -0.3 is 0 Å². The monoisotopic (exact) mass is 158 g/mol. The van der Waals surface area contributed by atoms with E-state index in [2.05, 4.69) is 38.6 Å². The number of allylic oxidation sites excluding steroid dienone is 2. The zero-order valence-electron chi connectivity index (χ0n) is 7.67. The SMILES string of the molecule is C=c1cccc/c1=C/C=C(C)C. The molecule has 0 aliphatic rings. The average Bonchev–Trinajstić information content (AvgIpc) is 2.03. The molecule has 0 heteroatoms. The maximum absolute atomic E-state index is 3.94. The molecule has 0 unspecified atom stereocenters. The standard InChI is InChI=1S/C12H14/c1-10(2)8-9-12-7-5-4-6-11(12)3/h4-9H,3H2,1-2H3/b12-9-. The van der Waals surface area contributed by atoms with Gasteiger partial charge in [0.1, 0.15) is 0 Å². The molecule has 0 fully saturated rings. The molecule has 0 spiro atoms. The molecule has 0 atom stereocenters. The van der Waals surface area contributed by atoms with E-state index >= 15 is 0 Å². The predicted molar refractivity (Wildman–Crippen MR) is 55.1 cm³/mol. The van der Waals surface area contributed by atoms with Crippen molar-refractivity contribution in [3.05, 3.63) is 46.4 Å². The molecule has 0 heterocycles. The van der Waals surface area contributed by atoms with Crippen LogP contribution < -0.4 is 10.4 Å². The third-order valence-corrected chi connectivity index (χ3v) is 1.65. The van der Waals surface area contributed by atoms with Gasteiger partial charge in [-0.1, -0.05) is 48.6 Å². The van der Waals surface area contributed by atoms with Gasteiger partial charge in [-0.05, 0) is 24.3 Å². The van der Waals surface area contributed by atoms with Gasteiger partial charge in [0.15, 0.2) is 0 Å². The summed E-state index contributed by atoms with van der Waals surface area (Å²) in [6, 6.07) is 8.12. The first-order valence-corrected chi connectivity index (χ1v) is 4.09. The van der Waals surface area contributed by atoms with Crippen LogP contribution in [0, 0.1) is 0 Å². The number of rotatable bonds is 1. The number of hydrogen-bond acceptors (Lipinski definition) is 0. The Kier molecular flexibility index (Phi) is 2.87. The van der Waals surface area contributed by atoms with Crippen LogP contribution in [-0.4, -0.2) is 0 Å². The van der Waals surface area contributed by atoms with E-state index in [1.54, 1.807) is 0 Å². The maximum atomic E-state index is 3.94. The summed E-state index contributed by atoms with van der Waals surface area (Å²) in [4.78, 5) is 0. The van der Waals surface area contributed by atoms with Gasteiger partial charge in [0.05, 0.1) is 0 Å².